The van der Waals surface area contributed by atoms with Gasteiger partial charge in [-0.05, 0) is 51.2 Å². The lowest BCUT2D eigenvalue weighted by molar-refractivity contribution is 0.412. The third-order valence-electron chi connectivity index (χ3n) is 3.36. The molecule has 0 radical (unpaired) electrons. The van der Waals surface area contributed by atoms with Crippen molar-refractivity contribution in [2.75, 3.05) is 7.11 Å². The van der Waals surface area contributed by atoms with Crippen molar-refractivity contribution in [3.05, 3.63) is 63.6 Å². The summed E-state index contributed by atoms with van der Waals surface area (Å²) in [4.78, 5) is 0. The van der Waals surface area contributed by atoms with Crippen LogP contribution < -0.4 is 10.1 Å². The molecule has 0 aliphatic rings. The number of ether oxygens (including phenoxy) is 1. The molecule has 0 saturated carbocycles. The molecule has 1 N–H and O–H groups in total. The Kier molecular flexibility index (Phi) is 5.62. The van der Waals surface area contributed by atoms with E-state index in [1.807, 2.05) is 6.07 Å². The van der Waals surface area contributed by atoms with Crippen LogP contribution in [0.15, 0.2) is 46.9 Å². The first-order chi connectivity index (χ1) is 9.74. The van der Waals surface area contributed by atoms with Crippen LogP contribution in [0.1, 0.15) is 23.6 Å². The third kappa shape index (κ3) is 3.84. The van der Waals surface area contributed by atoms with Crippen LogP contribution in [0.4, 0.5) is 0 Å². The van der Waals surface area contributed by atoms with Gasteiger partial charge in [-0.3, -0.25) is 0 Å². The van der Waals surface area contributed by atoms with Gasteiger partial charge in [-0.2, -0.15) is 0 Å². The molecule has 0 aliphatic heterocycles. The summed E-state index contributed by atoms with van der Waals surface area (Å²) in [5, 5.41) is 3.50. The van der Waals surface area contributed by atoms with E-state index < -0.39 is 0 Å². The summed E-state index contributed by atoms with van der Waals surface area (Å²) in [5.41, 5.74) is 4.03. The zero-order chi connectivity index (χ0) is 14.4. The highest BCUT2D eigenvalue weighted by atomic mass is 79.9. The minimum Gasteiger partial charge on any atom is -0.496 e. The summed E-state index contributed by atoms with van der Waals surface area (Å²) in [5.74, 6) is 0.866. The Morgan fingerprint density at radius 2 is 1.80 bits per heavy atom. The van der Waals surface area contributed by atoms with Crippen molar-refractivity contribution in [3.8, 4) is 5.75 Å². The van der Waals surface area contributed by atoms with Crippen LogP contribution in [-0.2, 0) is 19.5 Å². The molecule has 0 saturated heterocycles. The number of halogens is 1. The summed E-state index contributed by atoms with van der Waals surface area (Å²) in [6, 6.07) is 14.8. The third-order valence-corrected chi connectivity index (χ3v) is 3.98. The van der Waals surface area contributed by atoms with Gasteiger partial charge in [0, 0.05) is 13.1 Å². The lowest BCUT2D eigenvalue weighted by Gasteiger charge is -2.10. The fourth-order valence-electron chi connectivity index (χ4n) is 2.24. The number of methoxy groups -OCH3 is 1. The van der Waals surface area contributed by atoms with E-state index in [2.05, 4.69) is 64.6 Å². The normalized spacial score (nSPS) is 10.6. The quantitative estimate of drug-likeness (QED) is 0.850. The van der Waals surface area contributed by atoms with Gasteiger partial charge in [0.1, 0.15) is 5.75 Å². The number of hydrogen-bond acceptors (Lipinski definition) is 2. The fraction of sp³-hybridized carbons (Fsp3) is 0.294. The lowest BCUT2D eigenvalue weighted by atomic mass is 10.1. The van der Waals surface area contributed by atoms with Crippen LogP contribution in [0.5, 0.6) is 5.75 Å². The van der Waals surface area contributed by atoms with Crippen molar-refractivity contribution < 1.29 is 4.74 Å². The van der Waals surface area contributed by atoms with Crippen LogP contribution >= 0.6 is 15.9 Å². The lowest BCUT2D eigenvalue weighted by Crippen LogP contribution is -2.13. The van der Waals surface area contributed by atoms with Gasteiger partial charge in [0.05, 0.1) is 11.6 Å². The summed E-state index contributed by atoms with van der Waals surface area (Å²) in [7, 11) is 1.68. The van der Waals surface area contributed by atoms with E-state index in [9.17, 15) is 0 Å². The molecule has 0 fully saturated rings. The molecule has 0 aromatic heterocycles. The second-order valence-corrected chi connectivity index (χ2v) is 5.55. The van der Waals surface area contributed by atoms with Gasteiger partial charge in [0.15, 0.2) is 0 Å². The number of rotatable bonds is 6. The van der Waals surface area contributed by atoms with E-state index in [4.69, 9.17) is 4.74 Å². The highest BCUT2D eigenvalue weighted by molar-refractivity contribution is 9.10. The summed E-state index contributed by atoms with van der Waals surface area (Å²) in [6.45, 7) is 3.94. The average Bonchev–Trinajstić information content (AvgIpc) is 2.48. The first kappa shape index (κ1) is 15.1. The first-order valence-electron chi connectivity index (χ1n) is 6.84. The minimum atomic E-state index is 0.848. The summed E-state index contributed by atoms with van der Waals surface area (Å²) >= 11 is 3.51. The number of nitrogens with one attached hydrogen (secondary N) is 1. The molecule has 106 valence electrons. The molecular weight excluding hydrogens is 314 g/mol. The SMILES string of the molecule is CCc1ccccc1CNCc1ccc(OC)c(Br)c1. The van der Waals surface area contributed by atoms with Crippen molar-refractivity contribution in [3.63, 3.8) is 0 Å². The molecular formula is C17H20BrNO. The molecule has 20 heavy (non-hydrogen) atoms. The van der Waals surface area contributed by atoms with Gasteiger partial charge in [-0.15, -0.1) is 0 Å². The Hall–Kier alpha value is -1.32. The molecule has 0 heterocycles. The van der Waals surface area contributed by atoms with Gasteiger partial charge >= 0.3 is 0 Å². The second-order valence-electron chi connectivity index (χ2n) is 4.69. The Balaban J connectivity index is 1.94. The predicted molar refractivity (Wildman–Crippen MR) is 87.1 cm³/mol. The zero-order valence-corrected chi connectivity index (χ0v) is 13.5. The van der Waals surface area contributed by atoms with E-state index in [1.54, 1.807) is 7.11 Å². The molecule has 2 rings (SSSR count). The minimum absolute atomic E-state index is 0.848. The van der Waals surface area contributed by atoms with Gasteiger partial charge in [-0.1, -0.05) is 37.3 Å². The Morgan fingerprint density at radius 3 is 2.45 bits per heavy atom. The summed E-state index contributed by atoms with van der Waals surface area (Å²) in [6.07, 6.45) is 1.08. The van der Waals surface area contributed by atoms with Crippen molar-refractivity contribution in [2.45, 2.75) is 26.4 Å². The molecule has 0 aliphatic carbocycles. The molecule has 0 unspecified atom stereocenters. The highest BCUT2D eigenvalue weighted by Gasteiger charge is 2.02. The van der Waals surface area contributed by atoms with Crippen LogP contribution in [-0.4, -0.2) is 7.11 Å². The molecule has 0 spiro atoms. The number of aryl methyl sites for hydroxylation is 1. The second kappa shape index (κ2) is 7.46. The van der Waals surface area contributed by atoms with Crippen LogP contribution in [0, 0.1) is 0 Å². The molecule has 0 atom stereocenters. The van der Waals surface area contributed by atoms with E-state index in [0.29, 0.717) is 0 Å². The zero-order valence-electron chi connectivity index (χ0n) is 11.9. The Morgan fingerprint density at radius 1 is 1.05 bits per heavy atom. The van der Waals surface area contributed by atoms with Crippen molar-refractivity contribution in [1.29, 1.82) is 0 Å². The van der Waals surface area contributed by atoms with Gasteiger partial charge in [0.25, 0.3) is 0 Å². The number of benzene rings is 2. The maximum atomic E-state index is 5.24. The van der Waals surface area contributed by atoms with Crippen LogP contribution in [0.25, 0.3) is 0 Å². The number of hydrogen-bond donors (Lipinski definition) is 1. The van der Waals surface area contributed by atoms with Crippen LogP contribution in [0.3, 0.4) is 0 Å². The van der Waals surface area contributed by atoms with Crippen molar-refractivity contribution in [1.82, 2.24) is 5.32 Å². The average molecular weight is 334 g/mol. The Labute approximate surface area is 129 Å². The maximum Gasteiger partial charge on any atom is 0.133 e. The van der Waals surface area contributed by atoms with Gasteiger partial charge in [-0.25, -0.2) is 0 Å². The molecule has 2 aromatic rings. The first-order valence-corrected chi connectivity index (χ1v) is 7.63. The van der Waals surface area contributed by atoms with E-state index in [-0.39, 0.29) is 0 Å². The van der Waals surface area contributed by atoms with Gasteiger partial charge in [0.2, 0.25) is 0 Å². The van der Waals surface area contributed by atoms with Gasteiger partial charge < -0.3 is 10.1 Å². The largest absolute Gasteiger partial charge is 0.496 e. The smallest absolute Gasteiger partial charge is 0.133 e. The standard InChI is InChI=1S/C17H20BrNO/c1-3-14-6-4-5-7-15(14)12-19-11-13-8-9-17(20-2)16(18)10-13/h4-10,19H,3,11-12H2,1-2H3. The molecule has 2 nitrogen and oxygen atoms in total. The monoisotopic (exact) mass is 333 g/mol. The predicted octanol–water partition coefficient (Wildman–Crippen LogP) is 4.31. The summed E-state index contributed by atoms with van der Waals surface area (Å²) < 4.78 is 6.23. The molecule has 2 aromatic carbocycles. The van der Waals surface area contributed by atoms with E-state index >= 15 is 0 Å². The Bertz CT molecular complexity index is 569. The van der Waals surface area contributed by atoms with E-state index in [1.165, 1.54) is 16.7 Å². The molecule has 0 bridgehead atoms. The fourth-order valence-corrected chi connectivity index (χ4v) is 2.82. The maximum absolute atomic E-state index is 5.24. The van der Waals surface area contributed by atoms with Crippen molar-refractivity contribution >= 4 is 15.9 Å². The highest BCUT2D eigenvalue weighted by Crippen LogP contribution is 2.25. The van der Waals surface area contributed by atoms with Crippen molar-refractivity contribution in [2.24, 2.45) is 0 Å². The molecule has 3 heteroatoms. The van der Waals surface area contributed by atoms with E-state index in [0.717, 1.165) is 29.7 Å². The topological polar surface area (TPSA) is 21.3 Å². The molecule has 0 amide bonds. The van der Waals surface area contributed by atoms with Crippen LogP contribution in [0.2, 0.25) is 0 Å².